The molecular formula is C14H16BrN3. The maximum absolute atomic E-state index is 4.87. The fourth-order valence-electron chi connectivity index (χ4n) is 2.44. The molecule has 2 heterocycles. The average Bonchev–Trinajstić information content (AvgIpc) is 2.79. The van der Waals surface area contributed by atoms with Crippen LogP contribution in [0.1, 0.15) is 18.4 Å². The van der Waals surface area contributed by atoms with Gasteiger partial charge in [0.1, 0.15) is 0 Å². The second-order valence-electron chi connectivity index (χ2n) is 5.05. The number of aliphatic imine (C=N–C) groups is 2. The van der Waals surface area contributed by atoms with E-state index in [-0.39, 0.29) is 5.66 Å². The molecule has 0 N–H and O–H groups in total. The molecule has 3 rings (SSSR count). The molecule has 0 radical (unpaired) electrons. The molecule has 1 fully saturated rings. The molecular weight excluding hydrogens is 290 g/mol. The molecule has 1 aromatic rings. The number of hydrogen-bond donors (Lipinski definition) is 0. The lowest BCUT2D eigenvalue weighted by molar-refractivity contribution is 0.201. The summed E-state index contributed by atoms with van der Waals surface area (Å²) in [5.41, 5.74) is 2.00. The first-order valence-electron chi connectivity index (χ1n) is 6.26. The third-order valence-corrected chi connectivity index (χ3v) is 4.21. The van der Waals surface area contributed by atoms with Crippen molar-refractivity contribution in [2.75, 3.05) is 20.1 Å². The summed E-state index contributed by atoms with van der Waals surface area (Å²) in [6.45, 7) is 2.16. The van der Waals surface area contributed by atoms with Gasteiger partial charge in [0.2, 0.25) is 0 Å². The lowest BCUT2D eigenvalue weighted by Gasteiger charge is -2.33. The zero-order chi connectivity index (χ0) is 12.6. The maximum atomic E-state index is 4.87. The molecule has 1 aromatic carbocycles. The highest BCUT2D eigenvalue weighted by molar-refractivity contribution is 9.10. The fraction of sp³-hybridized carbons (Fsp3) is 0.429. The number of hydrogen-bond acceptors (Lipinski definition) is 3. The van der Waals surface area contributed by atoms with Crippen molar-refractivity contribution in [3.05, 3.63) is 34.3 Å². The van der Waals surface area contributed by atoms with Gasteiger partial charge in [0, 0.05) is 36.0 Å². The van der Waals surface area contributed by atoms with Gasteiger partial charge in [-0.15, -0.1) is 0 Å². The highest BCUT2D eigenvalue weighted by atomic mass is 79.9. The van der Waals surface area contributed by atoms with Crippen molar-refractivity contribution >= 4 is 27.9 Å². The van der Waals surface area contributed by atoms with Crippen molar-refractivity contribution in [3.63, 3.8) is 0 Å². The van der Waals surface area contributed by atoms with Crippen LogP contribution in [-0.2, 0) is 0 Å². The minimum atomic E-state index is -0.172. The van der Waals surface area contributed by atoms with Crippen LogP contribution >= 0.6 is 15.9 Å². The van der Waals surface area contributed by atoms with E-state index in [4.69, 9.17) is 4.99 Å². The molecule has 0 aromatic heterocycles. The Morgan fingerprint density at radius 2 is 1.83 bits per heavy atom. The quantitative estimate of drug-likeness (QED) is 0.784. The molecule has 2 aliphatic heterocycles. The predicted octanol–water partition coefficient (Wildman–Crippen LogP) is 2.74. The van der Waals surface area contributed by atoms with Gasteiger partial charge in [-0.25, -0.2) is 0 Å². The predicted molar refractivity (Wildman–Crippen MR) is 78.6 cm³/mol. The van der Waals surface area contributed by atoms with E-state index in [0.717, 1.165) is 41.7 Å². The number of nitrogens with zero attached hydrogens (tertiary/aromatic N) is 3. The summed E-state index contributed by atoms with van der Waals surface area (Å²) in [5, 5.41) is 0. The van der Waals surface area contributed by atoms with Crippen LogP contribution in [0.3, 0.4) is 0 Å². The van der Waals surface area contributed by atoms with Crippen LogP contribution in [-0.4, -0.2) is 42.6 Å². The molecule has 0 aliphatic carbocycles. The van der Waals surface area contributed by atoms with Crippen molar-refractivity contribution in [1.82, 2.24) is 4.90 Å². The third-order valence-electron chi connectivity index (χ3n) is 3.68. The van der Waals surface area contributed by atoms with E-state index in [1.54, 1.807) is 0 Å². The molecule has 1 saturated heterocycles. The van der Waals surface area contributed by atoms with Crippen LogP contribution in [0.2, 0.25) is 0 Å². The zero-order valence-electron chi connectivity index (χ0n) is 10.4. The van der Waals surface area contributed by atoms with Gasteiger partial charge in [-0.1, -0.05) is 28.1 Å². The van der Waals surface area contributed by atoms with Crippen LogP contribution in [0.5, 0.6) is 0 Å². The number of halogens is 1. The Morgan fingerprint density at radius 1 is 1.17 bits per heavy atom. The zero-order valence-corrected chi connectivity index (χ0v) is 12.0. The summed E-state index contributed by atoms with van der Waals surface area (Å²) in [7, 11) is 2.16. The SMILES string of the molecule is CN1CCC2(CC1)N=CC(c1ccc(Br)cc1)=N2. The second kappa shape index (κ2) is 4.59. The van der Waals surface area contributed by atoms with Gasteiger partial charge in [0.25, 0.3) is 0 Å². The topological polar surface area (TPSA) is 28.0 Å². The Hall–Kier alpha value is -1.00. The average molecular weight is 306 g/mol. The lowest BCUT2D eigenvalue weighted by atomic mass is 9.99. The second-order valence-corrected chi connectivity index (χ2v) is 5.96. The molecule has 0 bridgehead atoms. The van der Waals surface area contributed by atoms with Crippen molar-refractivity contribution in [1.29, 1.82) is 0 Å². The van der Waals surface area contributed by atoms with Crippen LogP contribution in [0.4, 0.5) is 0 Å². The minimum Gasteiger partial charge on any atom is -0.306 e. The molecule has 0 amide bonds. The van der Waals surface area contributed by atoms with Crippen molar-refractivity contribution < 1.29 is 0 Å². The monoisotopic (exact) mass is 305 g/mol. The molecule has 1 spiro atoms. The van der Waals surface area contributed by atoms with E-state index in [9.17, 15) is 0 Å². The fourth-order valence-corrected chi connectivity index (χ4v) is 2.70. The number of likely N-dealkylation sites (tertiary alicyclic amines) is 1. The van der Waals surface area contributed by atoms with Crippen LogP contribution < -0.4 is 0 Å². The Labute approximate surface area is 116 Å². The van der Waals surface area contributed by atoms with Gasteiger partial charge in [-0.2, -0.15) is 0 Å². The third kappa shape index (κ3) is 2.27. The summed E-state index contributed by atoms with van der Waals surface area (Å²) in [4.78, 5) is 11.9. The number of rotatable bonds is 1. The van der Waals surface area contributed by atoms with E-state index in [1.165, 1.54) is 0 Å². The van der Waals surface area contributed by atoms with Gasteiger partial charge in [-0.3, -0.25) is 9.98 Å². The highest BCUT2D eigenvalue weighted by Gasteiger charge is 2.35. The molecule has 2 aliphatic rings. The molecule has 0 unspecified atom stereocenters. The van der Waals surface area contributed by atoms with Crippen LogP contribution in [0.15, 0.2) is 38.7 Å². The van der Waals surface area contributed by atoms with E-state index in [2.05, 4.69) is 45.0 Å². The first-order valence-corrected chi connectivity index (χ1v) is 7.06. The standard InChI is InChI=1S/C14H16BrN3/c1-18-8-6-14(7-9-18)16-10-13(17-14)11-2-4-12(15)5-3-11/h2-5,10H,6-9H2,1H3. The lowest BCUT2D eigenvalue weighted by Crippen LogP contribution is -2.39. The van der Waals surface area contributed by atoms with E-state index in [1.807, 2.05) is 18.3 Å². The van der Waals surface area contributed by atoms with Crippen molar-refractivity contribution in [3.8, 4) is 0 Å². The normalized spacial score (nSPS) is 22.4. The van der Waals surface area contributed by atoms with Crippen molar-refractivity contribution in [2.45, 2.75) is 18.5 Å². The smallest absolute Gasteiger partial charge is 0.153 e. The Bertz CT molecular complexity index is 496. The number of benzene rings is 1. The highest BCUT2D eigenvalue weighted by Crippen LogP contribution is 2.31. The maximum Gasteiger partial charge on any atom is 0.153 e. The Kier molecular flexibility index (Phi) is 3.08. The van der Waals surface area contributed by atoms with Gasteiger partial charge >= 0.3 is 0 Å². The summed E-state index contributed by atoms with van der Waals surface area (Å²) < 4.78 is 1.09. The van der Waals surface area contributed by atoms with Gasteiger partial charge < -0.3 is 4.90 Å². The minimum absolute atomic E-state index is 0.172. The molecule has 0 saturated carbocycles. The molecule has 3 nitrogen and oxygen atoms in total. The van der Waals surface area contributed by atoms with Crippen LogP contribution in [0.25, 0.3) is 0 Å². The summed E-state index contributed by atoms with van der Waals surface area (Å²) in [6.07, 6.45) is 3.99. The summed E-state index contributed by atoms with van der Waals surface area (Å²) in [6, 6.07) is 8.27. The van der Waals surface area contributed by atoms with Gasteiger partial charge in [0.15, 0.2) is 5.66 Å². The van der Waals surface area contributed by atoms with Crippen LogP contribution in [0, 0.1) is 0 Å². The Balaban J connectivity index is 1.84. The summed E-state index contributed by atoms with van der Waals surface area (Å²) in [5.74, 6) is 0. The van der Waals surface area contributed by atoms with E-state index >= 15 is 0 Å². The van der Waals surface area contributed by atoms with Gasteiger partial charge in [0.05, 0.1) is 11.9 Å². The molecule has 18 heavy (non-hydrogen) atoms. The largest absolute Gasteiger partial charge is 0.306 e. The number of piperidine rings is 1. The Morgan fingerprint density at radius 3 is 2.50 bits per heavy atom. The summed E-state index contributed by atoms with van der Waals surface area (Å²) >= 11 is 3.45. The van der Waals surface area contributed by atoms with Crippen molar-refractivity contribution in [2.24, 2.45) is 9.98 Å². The van der Waals surface area contributed by atoms with E-state index < -0.39 is 0 Å². The molecule has 94 valence electrons. The molecule has 4 heteroatoms. The molecule has 0 atom stereocenters. The van der Waals surface area contributed by atoms with Gasteiger partial charge in [-0.05, 0) is 19.2 Å². The first-order chi connectivity index (χ1) is 8.67. The first kappa shape index (κ1) is 12.1. The van der Waals surface area contributed by atoms with E-state index in [0.29, 0.717) is 0 Å².